The Labute approximate surface area is 279 Å². The molecule has 0 N–H and O–H groups in total. The third kappa shape index (κ3) is 9.73. The van der Waals surface area contributed by atoms with Crippen LogP contribution in [0.25, 0.3) is 22.5 Å². The van der Waals surface area contributed by atoms with E-state index in [0.717, 1.165) is 28.0 Å². The first-order valence-corrected chi connectivity index (χ1v) is 14.9. The summed E-state index contributed by atoms with van der Waals surface area (Å²) in [5, 5.41) is 0.827. The lowest BCUT2D eigenvalue weighted by atomic mass is 9.79. The van der Waals surface area contributed by atoms with Gasteiger partial charge in [0.15, 0.2) is 0 Å². The van der Waals surface area contributed by atoms with Gasteiger partial charge in [-0.2, -0.15) is 0 Å². The molecule has 3 heterocycles. The molecule has 44 heavy (non-hydrogen) atoms. The van der Waals surface area contributed by atoms with Crippen LogP contribution in [0.2, 0.25) is 20.9 Å². The molecule has 1 aliphatic rings. The lowest BCUT2D eigenvalue weighted by Gasteiger charge is -2.32. The second-order valence-electron chi connectivity index (χ2n) is 10.4. The number of hydrogen-bond donors (Lipinski definition) is 0. The smallest absolute Gasteiger partial charge is 0.399 e. The van der Waals surface area contributed by atoms with Crippen molar-refractivity contribution in [2.24, 2.45) is 0 Å². The standard InChI is InChI=1S/C16H11ClN2.C12H17BO2.C4HCl3N2.CH4/c17-16-18-14(12-7-3-1-4-8-12)11-15(19-16)13-9-5-2-6-10-13;1-11(2)12(3,4)15-13(14-11)10-8-6-5-7-9-10;5-2-1-3(6)9-4(7)8-2;/h1-11H;5-9H,1-4H3;1H;1H4. The second-order valence-corrected chi connectivity index (χ2v) is 11.9. The molecule has 0 unspecified atom stereocenters. The summed E-state index contributed by atoms with van der Waals surface area (Å²) in [6.45, 7) is 8.26. The average molecular weight is 670 g/mol. The van der Waals surface area contributed by atoms with Gasteiger partial charge in [-0.05, 0) is 62.4 Å². The van der Waals surface area contributed by atoms with Crippen LogP contribution in [0.3, 0.4) is 0 Å². The maximum absolute atomic E-state index is 6.03. The molecule has 5 aromatic rings. The first kappa shape index (κ1) is 35.4. The third-order valence-electron chi connectivity index (χ3n) is 6.80. The molecule has 0 aliphatic carbocycles. The number of rotatable bonds is 3. The summed E-state index contributed by atoms with van der Waals surface area (Å²) in [6.07, 6.45) is 0. The van der Waals surface area contributed by atoms with Crippen molar-refractivity contribution < 1.29 is 9.31 Å². The van der Waals surface area contributed by atoms with E-state index < -0.39 is 0 Å². The highest BCUT2D eigenvalue weighted by Crippen LogP contribution is 2.36. The minimum Gasteiger partial charge on any atom is -0.399 e. The predicted molar refractivity (Wildman–Crippen MR) is 184 cm³/mol. The van der Waals surface area contributed by atoms with Gasteiger partial charge in [0.2, 0.25) is 10.6 Å². The van der Waals surface area contributed by atoms with Crippen LogP contribution in [0.5, 0.6) is 0 Å². The van der Waals surface area contributed by atoms with Crippen molar-refractivity contribution in [2.45, 2.75) is 46.3 Å². The molecule has 0 saturated carbocycles. The molecule has 0 atom stereocenters. The molecule has 3 aromatic carbocycles. The Bertz CT molecular complexity index is 1510. The molecule has 1 aliphatic heterocycles. The number of hydrogen-bond acceptors (Lipinski definition) is 6. The Balaban J connectivity index is 0.000000190. The quantitative estimate of drug-likeness (QED) is 0.108. The summed E-state index contributed by atoms with van der Waals surface area (Å²) in [6, 6.07) is 33.3. The zero-order valence-electron chi connectivity index (χ0n) is 24.0. The highest BCUT2D eigenvalue weighted by molar-refractivity contribution is 6.62. The predicted octanol–water partition coefficient (Wildman–Crippen LogP) is 9.52. The van der Waals surface area contributed by atoms with E-state index in [0.29, 0.717) is 0 Å². The summed E-state index contributed by atoms with van der Waals surface area (Å²) < 4.78 is 11.9. The van der Waals surface area contributed by atoms with Crippen molar-refractivity contribution in [3.05, 3.63) is 124 Å². The maximum atomic E-state index is 6.03. The van der Waals surface area contributed by atoms with E-state index in [1.54, 1.807) is 0 Å². The largest absolute Gasteiger partial charge is 0.494 e. The van der Waals surface area contributed by atoms with Gasteiger partial charge in [0.1, 0.15) is 10.3 Å². The van der Waals surface area contributed by atoms with Crippen molar-refractivity contribution in [1.29, 1.82) is 0 Å². The minimum absolute atomic E-state index is 0. The summed E-state index contributed by atoms with van der Waals surface area (Å²) in [5.41, 5.74) is 4.30. The summed E-state index contributed by atoms with van der Waals surface area (Å²) in [4.78, 5) is 15.7. The van der Waals surface area contributed by atoms with Crippen LogP contribution in [0.1, 0.15) is 35.1 Å². The van der Waals surface area contributed by atoms with Gasteiger partial charge in [-0.1, -0.05) is 122 Å². The van der Waals surface area contributed by atoms with Crippen LogP contribution in [-0.4, -0.2) is 38.3 Å². The van der Waals surface area contributed by atoms with Crippen molar-refractivity contribution in [3.8, 4) is 22.5 Å². The monoisotopic (exact) mass is 668 g/mol. The molecule has 6 nitrogen and oxygen atoms in total. The number of nitrogens with zero attached hydrogens (tertiary/aromatic N) is 4. The van der Waals surface area contributed by atoms with Crippen LogP contribution >= 0.6 is 46.4 Å². The van der Waals surface area contributed by atoms with E-state index in [1.807, 2.05) is 97.1 Å². The lowest BCUT2D eigenvalue weighted by Crippen LogP contribution is -2.41. The van der Waals surface area contributed by atoms with E-state index in [4.69, 9.17) is 55.7 Å². The van der Waals surface area contributed by atoms with Gasteiger partial charge < -0.3 is 9.31 Å². The van der Waals surface area contributed by atoms with Crippen LogP contribution in [0, 0.1) is 0 Å². The lowest BCUT2D eigenvalue weighted by molar-refractivity contribution is 0.00578. The zero-order chi connectivity index (χ0) is 31.0. The molecule has 11 heteroatoms. The van der Waals surface area contributed by atoms with E-state index in [9.17, 15) is 0 Å². The summed E-state index contributed by atoms with van der Waals surface area (Å²) in [5.74, 6) is 0. The van der Waals surface area contributed by atoms with Crippen molar-refractivity contribution in [2.75, 3.05) is 0 Å². The minimum atomic E-state index is -0.256. The fourth-order valence-electron chi connectivity index (χ4n) is 3.88. The molecule has 1 fully saturated rings. The topological polar surface area (TPSA) is 70.0 Å². The van der Waals surface area contributed by atoms with Gasteiger partial charge in [-0.25, -0.2) is 19.9 Å². The van der Waals surface area contributed by atoms with Gasteiger partial charge in [0.05, 0.1) is 22.6 Å². The first-order valence-electron chi connectivity index (χ1n) is 13.3. The molecule has 0 bridgehead atoms. The second kappa shape index (κ2) is 15.8. The molecule has 6 rings (SSSR count). The van der Waals surface area contributed by atoms with Crippen LogP contribution in [-0.2, 0) is 9.31 Å². The Hall–Kier alpha value is -3.04. The molecular formula is C33H33BCl4N4O2. The molecule has 2 aromatic heterocycles. The van der Waals surface area contributed by atoms with Gasteiger partial charge in [-0.3, -0.25) is 0 Å². The average Bonchev–Trinajstić information content (AvgIpc) is 3.20. The highest BCUT2D eigenvalue weighted by Gasteiger charge is 2.51. The molecule has 1 saturated heterocycles. The SMILES string of the molecule is C.CC1(C)OB(c2ccccc2)OC1(C)C.Clc1cc(Cl)nc(Cl)n1.Clc1nc(-c2ccccc2)cc(-c2ccccc2)n1. The zero-order valence-corrected chi connectivity index (χ0v) is 27.0. The molecule has 0 amide bonds. The first-order chi connectivity index (χ1) is 20.4. The van der Waals surface area contributed by atoms with Crippen LogP contribution < -0.4 is 5.46 Å². The third-order valence-corrected chi connectivity index (χ3v) is 7.52. The fourth-order valence-corrected chi connectivity index (χ4v) is 4.76. The number of halogens is 4. The van der Waals surface area contributed by atoms with Crippen molar-refractivity contribution >= 4 is 59.0 Å². The molecule has 0 spiro atoms. The van der Waals surface area contributed by atoms with E-state index in [2.05, 4.69) is 47.6 Å². The Kier molecular flexibility index (Phi) is 12.7. The summed E-state index contributed by atoms with van der Waals surface area (Å²) in [7, 11) is -0.240. The van der Waals surface area contributed by atoms with Crippen LogP contribution in [0.4, 0.5) is 0 Å². The van der Waals surface area contributed by atoms with Gasteiger partial charge in [0, 0.05) is 17.2 Å². The summed E-state index contributed by atoms with van der Waals surface area (Å²) >= 11 is 22.2. The molecule has 228 valence electrons. The Morgan fingerprint density at radius 2 is 0.886 bits per heavy atom. The van der Waals surface area contributed by atoms with E-state index in [1.165, 1.54) is 6.07 Å². The molecular weight excluding hydrogens is 637 g/mol. The molecule has 0 radical (unpaired) electrons. The van der Waals surface area contributed by atoms with E-state index in [-0.39, 0.29) is 46.6 Å². The number of aromatic nitrogens is 4. The van der Waals surface area contributed by atoms with Crippen molar-refractivity contribution in [1.82, 2.24) is 19.9 Å². The van der Waals surface area contributed by atoms with E-state index >= 15 is 0 Å². The Morgan fingerprint density at radius 3 is 1.27 bits per heavy atom. The number of benzene rings is 3. The van der Waals surface area contributed by atoms with Crippen LogP contribution in [0.15, 0.2) is 103 Å². The van der Waals surface area contributed by atoms with Crippen molar-refractivity contribution in [3.63, 3.8) is 0 Å². The van der Waals surface area contributed by atoms with Gasteiger partial charge >= 0.3 is 7.12 Å². The Morgan fingerprint density at radius 1 is 0.523 bits per heavy atom. The highest BCUT2D eigenvalue weighted by atomic mass is 35.5. The normalized spacial score (nSPS) is 14.3. The fraction of sp³-hybridized carbons (Fsp3) is 0.212. The van der Waals surface area contributed by atoms with Gasteiger partial charge in [0.25, 0.3) is 0 Å². The maximum Gasteiger partial charge on any atom is 0.494 e. The van der Waals surface area contributed by atoms with Gasteiger partial charge in [-0.15, -0.1) is 0 Å².